The van der Waals surface area contributed by atoms with Crippen LogP contribution in [0.1, 0.15) is 5.56 Å². The number of alkyl halides is 3. The van der Waals surface area contributed by atoms with E-state index < -0.39 is 28.8 Å². The third-order valence-electron chi connectivity index (χ3n) is 3.81. The fourth-order valence-electron chi connectivity index (χ4n) is 2.53. The number of rotatable bonds is 5. The van der Waals surface area contributed by atoms with Crippen molar-refractivity contribution in [1.82, 2.24) is 14.9 Å². The Kier molecular flexibility index (Phi) is 7.97. The molecule has 0 saturated carbocycles. The Morgan fingerprint density at radius 3 is 2.48 bits per heavy atom. The van der Waals surface area contributed by atoms with Crippen molar-refractivity contribution < 1.29 is 21.6 Å². The molecule has 1 unspecified atom stereocenters. The van der Waals surface area contributed by atoms with Gasteiger partial charge in [-0.1, -0.05) is 17.7 Å². The summed E-state index contributed by atoms with van der Waals surface area (Å²) >= 11 is 5.87. The molecule has 1 aromatic carbocycles. The minimum absolute atomic E-state index is 0. The molecule has 25 heavy (non-hydrogen) atoms. The van der Waals surface area contributed by atoms with E-state index in [4.69, 9.17) is 11.6 Å². The predicted molar refractivity (Wildman–Crippen MR) is 92.9 cm³/mol. The molecule has 1 aliphatic heterocycles. The molecule has 5 nitrogen and oxygen atoms in total. The van der Waals surface area contributed by atoms with Crippen LogP contribution in [-0.4, -0.2) is 58.3 Å². The first-order chi connectivity index (χ1) is 11.1. The van der Waals surface area contributed by atoms with Crippen molar-refractivity contribution in [1.29, 1.82) is 0 Å². The van der Waals surface area contributed by atoms with Gasteiger partial charge in [0.05, 0.1) is 5.02 Å². The largest absolute Gasteiger partial charge is 0.405 e. The average Bonchev–Trinajstić information content (AvgIpc) is 2.49. The summed E-state index contributed by atoms with van der Waals surface area (Å²) in [6, 6.07) is 2.49. The normalized spacial score (nSPS) is 17.8. The second-order valence-electron chi connectivity index (χ2n) is 5.63. The van der Waals surface area contributed by atoms with Gasteiger partial charge in [-0.3, -0.25) is 4.90 Å². The summed E-state index contributed by atoms with van der Waals surface area (Å²) in [6.07, 6.45) is -4.53. The van der Waals surface area contributed by atoms with Crippen molar-refractivity contribution in [3.63, 3.8) is 0 Å². The molecule has 1 aliphatic rings. The van der Waals surface area contributed by atoms with Crippen LogP contribution in [0, 0.1) is 6.92 Å². The van der Waals surface area contributed by atoms with Crippen LogP contribution in [0.3, 0.4) is 0 Å². The Labute approximate surface area is 156 Å². The number of nitrogens with zero attached hydrogens (tertiary/aromatic N) is 1. The topological polar surface area (TPSA) is 61.4 Å². The molecule has 1 heterocycles. The zero-order chi connectivity index (χ0) is 18.0. The van der Waals surface area contributed by atoms with Crippen molar-refractivity contribution in [2.75, 3.05) is 32.7 Å². The predicted octanol–water partition coefficient (Wildman–Crippen LogP) is 2.18. The molecule has 0 bridgehead atoms. The maximum absolute atomic E-state index is 13.3. The zero-order valence-electron chi connectivity index (χ0n) is 13.4. The molecule has 1 fully saturated rings. The Morgan fingerprint density at radius 1 is 1.32 bits per heavy atom. The van der Waals surface area contributed by atoms with E-state index in [2.05, 4.69) is 10.0 Å². The Balaban J connectivity index is 0.00000312. The molecule has 1 saturated heterocycles. The molecule has 11 heteroatoms. The molecule has 0 radical (unpaired) electrons. The molecule has 0 aromatic heterocycles. The molecule has 1 atom stereocenters. The van der Waals surface area contributed by atoms with Crippen LogP contribution in [0.4, 0.5) is 13.2 Å². The first kappa shape index (κ1) is 22.5. The van der Waals surface area contributed by atoms with E-state index in [1.54, 1.807) is 13.0 Å². The molecular formula is C14H20Cl2F3N3O2S. The summed E-state index contributed by atoms with van der Waals surface area (Å²) in [5.41, 5.74) is 0.647. The lowest BCUT2D eigenvalue weighted by molar-refractivity contribution is -0.182. The van der Waals surface area contributed by atoms with Gasteiger partial charge >= 0.3 is 6.18 Å². The molecular weight excluding hydrogens is 402 g/mol. The minimum Gasteiger partial charge on any atom is -0.314 e. The zero-order valence-corrected chi connectivity index (χ0v) is 15.8. The minimum atomic E-state index is -4.53. The summed E-state index contributed by atoms with van der Waals surface area (Å²) in [4.78, 5) is 1.02. The number of hydrogen-bond acceptors (Lipinski definition) is 4. The van der Waals surface area contributed by atoms with Gasteiger partial charge in [0, 0.05) is 32.7 Å². The lowest BCUT2D eigenvalue weighted by Gasteiger charge is -2.35. The van der Waals surface area contributed by atoms with Gasteiger partial charge in [0.25, 0.3) is 0 Å². The Morgan fingerprint density at radius 2 is 1.92 bits per heavy atom. The highest BCUT2D eigenvalue weighted by atomic mass is 35.5. The number of aryl methyl sites for hydroxylation is 1. The number of piperazine rings is 1. The van der Waals surface area contributed by atoms with Crippen LogP contribution in [0.15, 0.2) is 23.1 Å². The Bertz CT molecular complexity index is 680. The molecule has 0 amide bonds. The molecule has 0 spiro atoms. The summed E-state index contributed by atoms with van der Waals surface area (Å²) in [6.45, 7) is 2.20. The number of halogens is 5. The SMILES string of the molecule is Cc1ccc(Cl)c(S(=O)(=O)NCC(N2CCNCC2)C(F)(F)F)c1.Cl. The van der Waals surface area contributed by atoms with E-state index >= 15 is 0 Å². The van der Waals surface area contributed by atoms with Crippen LogP contribution in [0.25, 0.3) is 0 Å². The van der Waals surface area contributed by atoms with E-state index in [0.29, 0.717) is 18.7 Å². The number of hydrogen-bond donors (Lipinski definition) is 2. The first-order valence-electron chi connectivity index (χ1n) is 7.38. The maximum Gasteiger partial charge on any atom is 0.405 e. The summed E-state index contributed by atoms with van der Waals surface area (Å²) in [7, 11) is -4.13. The number of sulfonamides is 1. The van der Waals surface area contributed by atoms with Crippen molar-refractivity contribution in [3.8, 4) is 0 Å². The van der Waals surface area contributed by atoms with Crippen molar-refractivity contribution in [2.45, 2.75) is 24.0 Å². The molecule has 0 aliphatic carbocycles. The van der Waals surface area contributed by atoms with Gasteiger partial charge in [-0.05, 0) is 24.6 Å². The maximum atomic E-state index is 13.3. The smallest absolute Gasteiger partial charge is 0.314 e. The van der Waals surface area contributed by atoms with Crippen LogP contribution in [0.2, 0.25) is 5.02 Å². The van der Waals surface area contributed by atoms with Gasteiger partial charge in [0.1, 0.15) is 10.9 Å². The van der Waals surface area contributed by atoms with Gasteiger partial charge in [-0.15, -0.1) is 12.4 Å². The van der Waals surface area contributed by atoms with E-state index in [0.717, 1.165) is 0 Å². The van der Waals surface area contributed by atoms with E-state index in [1.807, 2.05) is 0 Å². The molecule has 144 valence electrons. The lowest BCUT2D eigenvalue weighted by atomic mass is 10.2. The van der Waals surface area contributed by atoms with Crippen LogP contribution < -0.4 is 10.0 Å². The summed E-state index contributed by atoms with van der Waals surface area (Å²) < 4.78 is 66.6. The molecule has 2 rings (SSSR count). The quantitative estimate of drug-likeness (QED) is 0.764. The Hall–Kier alpha value is -0.580. The van der Waals surface area contributed by atoms with E-state index in [9.17, 15) is 21.6 Å². The number of benzene rings is 1. The van der Waals surface area contributed by atoms with Gasteiger partial charge in [0.2, 0.25) is 10.0 Å². The van der Waals surface area contributed by atoms with Crippen molar-refractivity contribution >= 4 is 34.0 Å². The van der Waals surface area contributed by atoms with E-state index in [-0.39, 0.29) is 35.4 Å². The van der Waals surface area contributed by atoms with Crippen molar-refractivity contribution in [2.24, 2.45) is 0 Å². The van der Waals surface area contributed by atoms with Gasteiger partial charge in [0.15, 0.2) is 0 Å². The van der Waals surface area contributed by atoms with Gasteiger partial charge < -0.3 is 5.32 Å². The number of nitrogens with one attached hydrogen (secondary N) is 2. The molecule has 2 N–H and O–H groups in total. The monoisotopic (exact) mass is 421 g/mol. The second-order valence-corrected chi connectivity index (χ2v) is 7.77. The van der Waals surface area contributed by atoms with Crippen molar-refractivity contribution in [3.05, 3.63) is 28.8 Å². The average molecular weight is 422 g/mol. The second kappa shape index (κ2) is 8.88. The fraction of sp³-hybridized carbons (Fsp3) is 0.571. The molecule has 1 aromatic rings. The summed E-state index contributed by atoms with van der Waals surface area (Å²) in [5.74, 6) is 0. The van der Waals surface area contributed by atoms with Gasteiger partial charge in [-0.25, -0.2) is 13.1 Å². The third kappa shape index (κ3) is 5.97. The fourth-order valence-corrected chi connectivity index (χ4v) is 4.15. The highest BCUT2D eigenvalue weighted by molar-refractivity contribution is 7.89. The highest BCUT2D eigenvalue weighted by Gasteiger charge is 2.44. The highest BCUT2D eigenvalue weighted by Crippen LogP contribution is 2.26. The third-order valence-corrected chi connectivity index (χ3v) is 5.72. The van der Waals surface area contributed by atoms with Crippen LogP contribution in [0.5, 0.6) is 0 Å². The van der Waals surface area contributed by atoms with Gasteiger partial charge in [-0.2, -0.15) is 13.2 Å². The van der Waals surface area contributed by atoms with Crippen LogP contribution >= 0.6 is 24.0 Å². The van der Waals surface area contributed by atoms with E-state index in [1.165, 1.54) is 17.0 Å². The van der Waals surface area contributed by atoms with Crippen LogP contribution in [-0.2, 0) is 10.0 Å². The lowest BCUT2D eigenvalue weighted by Crippen LogP contribution is -2.57. The standard InChI is InChI=1S/C14H19ClF3N3O2S.ClH/c1-10-2-3-11(15)12(8-10)24(22,23)20-9-13(14(16,17)18)21-6-4-19-5-7-21;/h2-3,8,13,19-20H,4-7,9H2,1H3;1H. The summed E-state index contributed by atoms with van der Waals surface area (Å²) in [5, 5.41) is 2.94. The first-order valence-corrected chi connectivity index (χ1v) is 9.24.